The Morgan fingerprint density at radius 2 is 1.46 bits per heavy atom. The number of hydrogen-bond acceptors (Lipinski definition) is 1. The molecule has 0 nitrogen and oxygen atoms in total. The quantitative estimate of drug-likeness (QED) is 0.295. The summed E-state index contributed by atoms with van der Waals surface area (Å²) >= 11 is 7.94. The van der Waals surface area contributed by atoms with Gasteiger partial charge >= 0.3 is 0 Å². The largest absolute Gasteiger partial charge is 0.135 e. The van der Waals surface area contributed by atoms with Crippen molar-refractivity contribution in [2.24, 2.45) is 0 Å². The molecule has 0 spiro atoms. The molecule has 0 unspecified atom stereocenters. The fourth-order valence-electron chi connectivity index (χ4n) is 3.46. The third-order valence-electron chi connectivity index (χ3n) is 4.54. The van der Waals surface area contributed by atoms with Gasteiger partial charge in [-0.25, -0.2) is 0 Å². The average Bonchev–Trinajstić information content (AvgIpc) is 3.01. The summed E-state index contributed by atoms with van der Waals surface area (Å²) in [5, 5.41) is 6.07. The molecule has 0 bridgehead atoms. The molecule has 0 aliphatic rings. The van der Waals surface area contributed by atoms with Crippen molar-refractivity contribution < 1.29 is 0 Å². The predicted octanol–water partition coefficient (Wildman–Crippen LogP) is 7.53. The lowest BCUT2D eigenvalue weighted by Gasteiger charge is -2.09. The van der Waals surface area contributed by atoms with Crippen LogP contribution in [0.15, 0.2) is 78.9 Å². The van der Waals surface area contributed by atoms with Gasteiger partial charge in [0.05, 0.1) is 0 Å². The Kier molecular flexibility index (Phi) is 3.12. The average molecular weight is 345 g/mol. The lowest BCUT2D eigenvalue weighted by atomic mass is 9.95. The Bertz CT molecular complexity index is 1200. The van der Waals surface area contributed by atoms with Gasteiger partial charge in [-0.05, 0) is 46.2 Å². The maximum absolute atomic E-state index is 6.07. The fourth-order valence-corrected chi connectivity index (χ4v) is 4.70. The summed E-state index contributed by atoms with van der Waals surface area (Å²) in [5.74, 6) is 0. The Morgan fingerprint density at radius 1 is 0.625 bits per heavy atom. The molecule has 0 aliphatic heterocycles. The first kappa shape index (κ1) is 14.0. The zero-order valence-electron chi connectivity index (χ0n) is 12.8. The van der Waals surface area contributed by atoms with Gasteiger partial charge in [0.15, 0.2) is 0 Å². The van der Waals surface area contributed by atoms with Crippen LogP contribution in [-0.4, -0.2) is 0 Å². The Balaban J connectivity index is 1.99. The molecule has 114 valence electrons. The van der Waals surface area contributed by atoms with E-state index in [1.54, 1.807) is 0 Å². The van der Waals surface area contributed by atoms with Crippen LogP contribution in [-0.2, 0) is 0 Å². The van der Waals surface area contributed by atoms with E-state index in [1.807, 2.05) is 23.5 Å². The highest BCUT2D eigenvalue weighted by molar-refractivity contribution is 7.26. The van der Waals surface area contributed by atoms with E-state index >= 15 is 0 Å². The third-order valence-corrected chi connectivity index (χ3v) is 5.93. The number of halogens is 1. The summed E-state index contributed by atoms with van der Waals surface area (Å²) in [6, 6.07) is 27.8. The highest BCUT2D eigenvalue weighted by Gasteiger charge is 2.12. The number of rotatable bonds is 1. The van der Waals surface area contributed by atoms with E-state index < -0.39 is 0 Å². The van der Waals surface area contributed by atoms with E-state index in [0.29, 0.717) is 0 Å². The predicted molar refractivity (Wildman–Crippen MR) is 107 cm³/mol. The maximum Gasteiger partial charge on any atom is 0.0406 e. The molecule has 5 rings (SSSR count). The van der Waals surface area contributed by atoms with Crippen LogP contribution >= 0.6 is 22.9 Å². The van der Waals surface area contributed by atoms with Crippen molar-refractivity contribution in [3.05, 3.63) is 83.9 Å². The van der Waals surface area contributed by atoms with Gasteiger partial charge in [-0.1, -0.05) is 66.2 Å². The molecule has 0 aliphatic carbocycles. The number of benzene rings is 4. The first-order chi connectivity index (χ1) is 11.8. The first-order valence-corrected chi connectivity index (χ1v) is 9.10. The number of hydrogen-bond donors (Lipinski definition) is 0. The zero-order valence-corrected chi connectivity index (χ0v) is 14.4. The Hall–Kier alpha value is -2.35. The van der Waals surface area contributed by atoms with Crippen molar-refractivity contribution >= 4 is 53.9 Å². The van der Waals surface area contributed by atoms with Crippen molar-refractivity contribution in [2.45, 2.75) is 0 Å². The van der Waals surface area contributed by atoms with Crippen molar-refractivity contribution in [3.8, 4) is 11.1 Å². The SMILES string of the molecule is Clc1ccc(-c2cccc3ccc4sc5ccccc5c4c23)cc1. The van der Waals surface area contributed by atoms with Crippen LogP contribution in [0, 0.1) is 0 Å². The van der Waals surface area contributed by atoms with Gasteiger partial charge in [0.25, 0.3) is 0 Å². The van der Waals surface area contributed by atoms with Crippen molar-refractivity contribution in [3.63, 3.8) is 0 Å². The van der Waals surface area contributed by atoms with Gasteiger partial charge in [-0.2, -0.15) is 0 Å². The minimum atomic E-state index is 0.769. The topological polar surface area (TPSA) is 0 Å². The number of thiophene rings is 1. The summed E-state index contributed by atoms with van der Waals surface area (Å²) in [6.45, 7) is 0. The molecule has 1 aromatic heterocycles. The molecule has 2 heteroatoms. The van der Waals surface area contributed by atoms with Gasteiger partial charge in [0, 0.05) is 25.2 Å². The molecule has 0 saturated carbocycles. The second-order valence-corrected chi connectivity index (χ2v) is 7.47. The fraction of sp³-hybridized carbons (Fsp3) is 0. The molecular weight excluding hydrogens is 332 g/mol. The van der Waals surface area contributed by atoms with Crippen LogP contribution in [0.2, 0.25) is 5.02 Å². The van der Waals surface area contributed by atoms with Gasteiger partial charge in [0.1, 0.15) is 0 Å². The Labute approximate surface area is 148 Å². The van der Waals surface area contributed by atoms with E-state index in [0.717, 1.165) is 5.02 Å². The molecule has 1 heterocycles. The van der Waals surface area contributed by atoms with E-state index in [9.17, 15) is 0 Å². The molecule has 4 aromatic carbocycles. The highest BCUT2D eigenvalue weighted by atomic mass is 35.5. The normalized spacial score (nSPS) is 11.5. The van der Waals surface area contributed by atoms with E-state index in [4.69, 9.17) is 11.6 Å². The minimum absolute atomic E-state index is 0.769. The van der Waals surface area contributed by atoms with E-state index in [1.165, 1.54) is 42.1 Å². The van der Waals surface area contributed by atoms with E-state index in [2.05, 4.69) is 66.7 Å². The number of fused-ring (bicyclic) bond motifs is 5. The van der Waals surface area contributed by atoms with Gasteiger partial charge < -0.3 is 0 Å². The summed E-state index contributed by atoms with van der Waals surface area (Å²) in [5.41, 5.74) is 2.46. The third kappa shape index (κ3) is 2.06. The molecule has 0 N–H and O–H groups in total. The maximum atomic E-state index is 6.07. The lowest BCUT2D eigenvalue weighted by molar-refractivity contribution is 1.66. The summed E-state index contributed by atoms with van der Waals surface area (Å²) < 4.78 is 2.68. The van der Waals surface area contributed by atoms with Crippen LogP contribution in [0.1, 0.15) is 0 Å². The van der Waals surface area contributed by atoms with Crippen LogP contribution in [0.5, 0.6) is 0 Å². The Morgan fingerprint density at radius 3 is 2.33 bits per heavy atom. The summed E-state index contributed by atoms with van der Waals surface area (Å²) in [4.78, 5) is 0. The summed E-state index contributed by atoms with van der Waals surface area (Å²) in [6.07, 6.45) is 0. The molecular formula is C22H13ClS. The van der Waals surface area contributed by atoms with Gasteiger partial charge in [-0.15, -0.1) is 11.3 Å². The highest BCUT2D eigenvalue weighted by Crippen LogP contribution is 2.42. The van der Waals surface area contributed by atoms with Crippen LogP contribution in [0.4, 0.5) is 0 Å². The van der Waals surface area contributed by atoms with Gasteiger partial charge in [0.2, 0.25) is 0 Å². The summed E-state index contributed by atoms with van der Waals surface area (Å²) in [7, 11) is 0. The monoisotopic (exact) mass is 344 g/mol. The first-order valence-electron chi connectivity index (χ1n) is 7.90. The molecule has 0 amide bonds. The van der Waals surface area contributed by atoms with Crippen LogP contribution in [0.3, 0.4) is 0 Å². The van der Waals surface area contributed by atoms with Crippen LogP contribution < -0.4 is 0 Å². The zero-order chi connectivity index (χ0) is 16.1. The van der Waals surface area contributed by atoms with Crippen LogP contribution in [0.25, 0.3) is 42.1 Å². The smallest absolute Gasteiger partial charge is 0.0406 e. The minimum Gasteiger partial charge on any atom is -0.135 e. The molecule has 0 saturated heterocycles. The molecule has 0 fully saturated rings. The van der Waals surface area contributed by atoms with Crippen molar-refractivity contribution in [2.75, 3.05) is 0 Å². The van der Waals surface area contributed by atoms with E-state index in [-0.39, 0.29) is 0 Å². The molecule has 0 atom stereocenters. The second kappa shape index (κ2) is 5.34. The molecule has 5 aromatic rings. The molecule has 24 heavy (non-hydrogen) atoms. The van der Waals surface area contributed by atoms with Crippen molar-refractivity contribution in [1.29, 1.82) is 0 Å². The second-order valence-electron chi connectivity index (χ2n) is 5.95. The van der Waals surface area contributed by atoms with Gasteiger partial charge in [-0.3, -0.25) is 0 Å². The standard InChI is InChI=1S/C22H13ClS/c23-16-11-8-14(9-12-16)17-6-3-4-15-10-13-20-22(21(15)17)18-5-1-2-7-19(18)24-20/h1-13H. The molecule has 0 radical (unpaired) electrons. The lowest BCUT2D eigenvalue weighted by Crippen LogP contribution is -1.82. The van der Waals surface area contributed by atoms with Crippen molar-refractivity contribution in [1.82, 2.24) is 0 Å².